The molecule has 0 aliphatic carbocycles. The smallest absolute Gasteiger partial charge is 0.337 e. The standard InChI is InChI=1S/C15H18N4O2/c1-3-6-11-7-5-8-12(9-11)13-14(19(20)21)15(16-4-2)18-10-17-13/h5,7-10H,3-4,6H2,1-2H3,(H,16,17,18). The second kappa shape index (κ2) is 6.78. The third-order valence-corrected chi connectivity index (χ3v) is 3.09. The van der Waals surface area contributed by atoms with Crippen LogP contribution in [0.5, 0.6) is 0 Å². The molecule has 21 heavy (non-hydrogen) atoms. The summed E-state index contributed by atoms with van der Waals surface area (Å²) in [5, 5.41) is 14.3. The van der Waals surface area contributed by atoms with Crippen LogP contribution < -0.4 is 5.32 Å². The van der Waals surface area contributed by atoms with Gasteiger partial charge in [-0.1, -0.05) is 31.5 Å². The van der Waals surface area contributed by atoms with E-state index in [2.05, 4.69) is 22.2 Å². The molecule has 2 rings (SSSR count). The first-order chi connectivity index (χ1) is 10.2. The number of nitrogens with zero attached hydrogens (tertiary/aromatic N) is 3. The first kappa shape index (κ1) is 14.9. The Bertz CT molecular complexity index is 643. The van der Waals surface area contributed by atoms with E-state index < -0.39 is 4.92 Å². The fourth-order valence-corrected chi connectivity index (χ4v) is 2.22. The third-order valence-electron chi connectivity index (χ3n) is 3.09. The van der Waals surface area contributed by atoms with Gasteiger partial charge in [-0.3, -0.25) is 10.1 Å². The van der Waals surface area contributed by atoms with Crippen molar-refractivity contribution < 1.29 is 4.92 Å². The Balaban J connectivity index is 2.55. The van der Waals surface area contributed by atoms with E-state index in [0.717, 1.165) is 24.0 Å². The van der Waals surface area contributed by atoms with E-state index in [1.54, 1.807) is 0 Å². The molecule has 0 saturated carbocycles. The number of hydrogen-bond donors (Lipinski definition) is 1. The molecule has 1 N–H and O–H groups in total. The lowest BCUT2D eigenvalue weighted by atomic mass is 10.0. The highest BCUT2D eigenvalue weighted by molar-refractivity contribution is 5.76. The van der Waals surface area contributed by atoms with Crippen LogP contribution in [0.4, 0.5) is 11.5 Å². The van der Waals surface area contributed by atoms with Crippen molar-refractivity contribution >= 4 is 11.5 Å². The van der Waals surface area contributed by atoms with Crippen molar-refractivity contribution in [3.8, 4) is 11.3 Å². The maximum atomic E-state index is 11.4. The maximum absolute atomic E-state index is 11.4. The average molecular weight is 286 g/mol. The van der Waals surface area contributed by atoms with Gasteiger partial charge in [-0.2, -0.15) is 0 Å². The van der Waals surface area contributed by atoms with E-state index in [1.165, 1.54) is 6.33 Å². The number of hydrogen-bond acceptors (Lipinski definition) is 5. The van der Waals surface area contributed by atoms with Gasteiger partial charge in [-0.15, -0.1) is 0 Å². The summed E-state index contributed by atoms with van der Waals surface area (Å²) in [6.45, 7) is 4.53. The van der Waals surface area contributed by atoms with Crippen molar-refractivity contribution in [3.63, 3.8) is 0 Å². The number of nitro groups is 1. The zero-order valence-electron chi connectivity index (χ0n) is 12.2. The van der Waals surface area contributed by atoms with Crippen LogP contribution in [0.1, 0.15) is 25.8 Å². The molecule has 0 unspecified atom stereocenters. The Labute approximate surface area is 123 Å². The van der Waals surface area contributed by atoms with Crippen LogP contribution in [0, 0.1) is 10.1 Å². The molecule has 0 amide bonds. The normalized spacial score (nSPS) is 10.4. The fraction of sp³-hybridized carbons (Fsp3) is 0.333. The monoisotopic (exact) mass is 286 g/mol. The van der Waals surface area contributed by atoms with Crippen molar-refractivity contribution in [1.82, 2.24) is 9.97 Å². The summed E-state index contributed by atoms with van der Waals surface area (Å²) in [7, 11) is 0. The first-order valence-electron chi connectivity index (χ1n) is 7.00. The number of nitrogens with one attached hydrogen (secondary N) is 1. The Morgan fingerprint density at radius 1 is 1.29 bits per heavy atom. The van der Waals surface area contributed by atoms with Gasteiger partial charge >= 0.3 is 5.69 Å². The second-order valence-electron chi connectivity index (χ2n) is 4.66. The second-order valence-corrected chi connectivity index (χ2v) is 4.66. The Hall–Kier alpha value is -2.50. The molecule has 6 heteroatoms. The molecule has 0 fully saturated rings. The Morgan fingerprint density at radius 2 is 2.10 bits per heavy atom. The van der Waals surface area contributed by atoms with Crippen molar-refractivity contribution in [2.24, 2.45) is 0 Å². The Morgan fingerprint density at radius 3 is 2.76 bits per heavy atom. The number of rotatable bonds is 6. The Kier molecular flexibility index (Phi) is 4.81. The van der Waals surface area contributed by atoms with E-state index >= 15 is 0 Å². The summed E-state index contributed by atoms with van der Waals surface area (Å²) in [5.41, 5.74) is 2.17. The largest absolute Gasteiger partial charge is 0.365 e. The molecule has 0 saturated heterocycles. The molecule has 0 aliphatic rings. The van der Waals surface area contributed by atoms with Crippen molar-refractivity contribution in [1.29, 1.82) is 0 Å². The molecule has 1 heterocycles. The summed E-state index contributed by atoms with van der Waals surface area (Å²) in [6, 6.07) is 7.71. The molecule has 0 atom stereocenters. The average Bonchev–Trinajstić information content (AvgIpc) is 2.48. The minimum atomic E-state index is -0.431. The van der Waals surface area contributed by atoms with Crippen LogP contribution in [0.3, 0.4) is 0 Å². The lowest BCUT2D eigenvalue weighted by molar-refractivity contribution is -0.383. The lowest BCUT2D eigenvalue weighted by Gasteiger charge is -2.08. The minimum Gasteiger partial charge on any atom is -0.365 e. The molecule has 1 aromatic heterocycles. The summed E-state index contributed by atoms with van der Waals surface area (Å²) >= 11 is 0. The van der Waals surface area contributed by atoms with E-state index in [4.69, 9.17) is 0 Å². The summed E-state index contributed by atoms with van der Waals surface area (Å²) < 4.78 is 0. The van der Waals surface area contributed by atoms with Gasteiger partial charge in [0.25, 0.3) is 0 Å². The van der Waals surface area contributed by atoms with Gasteiger partial charge < -0.3 is 5.32 Å². The summed E-state index contributed by atoms with van der Waals surface area (Å²) in [6.07, 6.45) is 3.32. The van der Waals surface area contributed by atoms with Gasteiger partial charge in [0, 0.05) is 12.1 Å². The van der Waals surface area contributed by atoms with Gasteiger partial charge in [-0.05, 0) is 25.0 Å². The maximum Gasteiger partial charge on any atom is 0.337 e. The van der Waals surface area contributed by atoms with Crippen LogP contribution in [0.15, 0.2) is 30.6 Å². The van der Waals surface area contributed by atoms with E-state index in [0.29, 0.717) is 12.2 Å². The van der Waals surface area contributed by atoms with Gasteiger partial charge in [0.1, 0.15) is 6.33 Å². The van der Waals surface area contributed by atoms with Crippen LogP contribution in [0.25, 0.3) is 11.3 Å². The van der Waals surface area contributed by atoms with Gasteiger partial charge in [-0.25, -0.2) is 9.97 Å². The zero-order chi connectivity index (χ0) is 15.2. The van der Waals surface area contributed by atoms with E-state index in [-0.39, 0.29) is 11.5 Å². The van der Waals surface area contributed by atoms with Crippen molar-refractivity contribution in [3.05, 3.63) is 46.3 Å². The fourth-order valence-electron chi connectivity index (χ4n) is 2.22. The highest BCUT2D eigenvalue weighted by atomic mass is 16.6. The highest BCUT2D eigenvalue weighted by Crippen LogP contribution is 2.33. The highest BCUT2D eigenvalue weighted by Gasteiger charge is 2.23. The summed E-state index contributed by atoms with van der Waals surface area (Å²) in [4.78, 5) is 19.0. The molecule has 2 aromatic rings. The topological polar surface area (TPSA) is 81.0 Å². The minimum absolute atomic E-state index is 0.0759. The van der Waals surface area contributed by atoms with Crippen LogP contribution in [-0.2, 0) is 6.42 Å². The predicted molar refractivity (Wildman–Crippen MR) is 82.3 cm³/mol. The first-order valence-corrected chi connectivity index (χ1v) is 7.00. The van der Waals surface area contributed by atoms with Gasteiger partial charge in [0.05, 0.1) is 4.92 Å². The van der Waals surface area contributed by atoms with Crippen LogP contribution in [0.2, 0.25) is 0 Å². The van der Waals surface area contributed by atoms with Crippen LogP contribution >= 0.6 is 0 Å². The molecule has 0 bridgehead atoms. The molecular weight excluding hydrogens is 268 g/mol. The SMILES string of the molecule is CCCc1cccc(-c2ncnc(NCC)c2[N+](=O)[O-])c1. The van der Waals surface area contributed by atoms with Gasteiger partial charge in [0.15, 0.2) is 5.69 Å². The number of anilines is 1. The number of aryl methyl sites for hydroxylation is 1. The van der Waals surface area contributed by atoms with E-state index in [9.17, 15) is 10.1 Å². The summed E-state index contributed by atoms with van der Waals surface area (Å²) in [5.74, 6) is 0.258. The number of benzene rings is 1. The quantitative estimate of drug-likeness (QED) is 0.650. The van der Waals surface area contributed by atoms with E-state index in [1.807, 2.05) is 31.2 Å². The molecule has 110 valence electrons. The van der Waals surface area contributed by atoms with Crippen molar-refractivity contribution in [2.75, 3.05) is 11.9 Å². The molecular formula is C15H18N4O2. The molecule has 0 aliphatic heterocycles. The molecule has 1 aromatic carbocycles. The third kappa shape index (κ3) is 3.34. The van der Waals surface area contributed by atoms with Crippen LogP contribution in [-0.4, -0.2) is 21.4 Å². The lowest BCUT2D eigenvalue weighted by Crippen LogP contribution is -2.06. The molecule has 0 radical (unpaired) electrons. The van der Waals surface area contributed by atoms with Crippen molar-refractivity contribution in [2.45, 2.75) is 26.7 Å². The van der Waals surface area contributed by atoms with Gasteiger partial charge in [0.2, 0.25) is 5.82 Å². The number of aromatic nitrogens is 2. The molecule has 6 nitrogen and oxygen atoms in total. The molecule has 0 spiro atoms. The zero-order valence-corrected chi connectivity index (χ0v) is 12.2. The predicted octanol–water partition coefficient (Wildman–Crippen LogP) is 3.44.